The summed E-state index contributed by atoms with van der Waals surface area (Å²) >= 11 is 0. The van der Waals surface area contributed by atoms with Gasteiger partial charge in [-0.05, 0) is 5.54 Å². The maximum Gasteiger partial charge on any atom is 0.0483 e. The lowest BCUT2D eigenvalue weighted by molar-refractivity contribution is 1.39. The van der Waals surface area contributed by atoms with Crippen LogP contribution in [0.3, 0.4) is 0 Å². The van der Waals surface area contributed by atoms with Gasteiger partial charge in [0, 0.05) is 9.52 Å². The van der Waals surface area contributed by atoms with E-state index in [9.17, 15) is 0 Å². The van der Waals surface area contributed by atoms with Crippen LogP contribution in [0, 0.1) is 0 Å². The molecule has 36 valence electrons. The molecule has 0 heterocycles. The molecule has 0 saturated heterocycles. The molecule has 0 amide bonds. The third-order valence-electron chi connectivity index (χ3n) is 1.08. The van der Waals surface area contributed by atoms with E-state index in [-0.39, 0.29) is 0 Å². The molecule has 0 fully saturated rings. The Hall–Kier alpha value is -0.303. The summed E-state index contributed by atoms with van der Waals surface area (Å²) in [6.07, 6.45) is 8.69. The Morgan fingerprint density at radius 2 is 1.86 bits per heavy atom. The number of allylic oxidation sites excluding steroid dienone is 4. The fourth-order valence-corrected chi connectivity index (χ4v) is 1.23. The van der Waals surface area contributed by atoms with Crippen LogP contribution in [-0.4, -0.2) is 9.52 Å². The summed E-state index contributed by atoms with van der Waals surface area (Å²) in [6, 6.07) is 0. The van der Waals surface area contributed by atoms with Gasteiger partial charge in [0.1, 0.15) is 0 Å². The first-order valence-electron chi connectivity index (χ1n) is 2.46. The van der Waals surface area contributed by atoms with Gasteiger partial charge in [-0.1, -0.05) is 30.9 Å². The Balaban J connectivity index is 2.44. The summed E-state index contributed by atoms with van der Waals surface area (Å²) < 4.78 is 0. The Labute approximate surface area is 46.8 Å². The van der Waals surface area contributed by atoms with Gasteiger partial charge in [0.15, 0.2) is 0 Å². The van der Waals surface area contributed by atoms with E-state index in [4.69, 9.17) is 0 Å². The van der Waals surface area contributed by atoms with E-state index < -0.39 is 0 Å². The third-order valence-corrected chi connectivity index (χ3v) is 2.13. The maximum absolute atomic E-state index is 2.23. The molecule has 1 aliphatic rings. The van der Waals surface area contributed by atoms with Crippen LogP contribution in [0.5, 0.6) is 0 Å². The molecule has 0 unspecified atom stereocenters. The molecule has 0 aromatic carbocycles. The second-order valence-electron chi connectivity index (χ2n) is 1.58. The average Bonchev–Trinajstić information content (AvgIpc) is 2.14. The van der Waals surface area contributed by atoms with Gasteiger partial charge >= 0.3 is 0 Å². The van der Waals surface area contributed by atoms with Gasteiger partial charge in [0.05, 0.1) is 0 Å². The van der Waals surface area contributed by atoms with Gasteiger partial charge in [0.25, 0.3) is 0 Å². The molecule has 0 atom stereocenters. The summed E-state index contributed by atoms with van der Waals surface area (Å²) in [5.74, 6) is 0. The number of hydrogen-bond acceptors (Lipinski definition) is 0. The fourth-order valence-electron chi connectivity index (χ4n) is 0.624. The van der Waals surface area contributed by atoms with Crippen molar-refractivity contribution < 1.29 is 0 Å². The predicted molar refractivity (Wildman–Crippen MR) is 33.6 cm³/mol. The minimum Gasteiger partial charge on any atom is -0.0809 e. The van der Waals surface area contributed by atoms with Gasteiger partial charge in [0.2, 0.25) is 0 Å². The molecule has 0 aliphatic heterocycles. The van der Waals surface area contributed by atoms with Crippen molar-refractivity contribution in [3.63, 3.8) is 0 Å². The minimum absolute atomic E-state index is 0.764. The van der Waals surface area contributed by atoms with Crippen molar-refractivity contribution >= 4 is 9.52 Å². The van der Waals surface area contributed by atoms with E-state index >= 15 is 0 Å². The highest BCUT2D eigenvalue weighted by molar-refractivity contribution is 6.37. The highest BCUT2D eigenvalue weighted by Gasteiger charge is 1.97. The van der Waals surface area contributed by atoms with Crippen LogP contribution in [0.4, 0.5) is 0 Å². The van der Waals surface area contributed by atoms with Crippen molar-refractivity contribution in [2.24, 2.45) is 0 Å². The van der Waals surface area contributed by atoms with Crippen molar-refractivity contribution in [2.45, 2.75) is 12.1 Å². The molecular weight excluding hydrogens is 100 g/mol. The molecule has 0 bridgehead atoms. The van der Waals surface area contributed by atoms with Crippen LogP contribution < -0.4 is 0 Å². The summed E-state index contributed by atoms with van der Waals surface area (Å²) in [7, 11) is 1.04. The number of rotatable bonds is 1. The standard InChI is InChI=1S/C6H8Si/c1-7-6-4-2-3-5-6/h2-6H,1H3. The van der Waals surface area contributed by atoms with E-state index in [0.717, 1.165) is 15.1 Å². The molecule has 7 heavy (non-hydrogen) atoms. The lowest BCUT2D eigenvalue weighted by Gasteiger charge is -1.92. The first-order chi connectivity index (χ1) is 3.43. The van der Waals surface area contributed by atoms with Crippen LogP contribution in [0.1, 0.15) is 0 Å². The van der Waals surface area contributed by atoms with Crippen molar-refractivity contribution in [2.75, 3.05) is 0 Å². The zero-order valence-corrected chi connectivity index (χ0v) is 5.39. The Kier molecular flexibility index (Phi) is 1.47. The molecule has 0 spiro atoms. The summed E-state index contributed by atoms with van der Waals surface area (Å²) in [5.41, 5.74) is 0.764. The normalized spacial score (nSPS) is 19.0. The van der Waals surface area contributed by atoms with Gasteiger partial charge < -0.3 is 0 Å². The zero-order valence-electron chi connectivity index (χ0n) is 4.39. The molecule has 1 rings (SSSR count). The third kappa shape index (κ3) is 1.03. The molecular formula is C6H8Si. The SMILES string of the molecule is C[Si]C1C=CC=C1. The summed E-state index contributed by atoms with van der Waals surface area (Å²) in [6.45, 7) is 2.23. The molecule has 0 aromatic rings. The van der Waals surface area contributed by atoms with Crippen LogP contribution in [0.2, 0.25) is 12.1 Å². The summed E-state index contributed by atoms with van der Waals surface area (Å²) in [4.78, 5) is 0. The van der Waals surface area contributed by atoms with Crippen LogP contribution in [-0.2, 0) is 0 Å². The van der Waals surface area contributed by atoms with E-state index in [0.29, 0.717) is 0 Å². The second-order valence-corrected chi connectivity index (χ2v) is 2.83. The zero-order chi connectivity index (χ0) is 5.11. The average molecular weight is 108 g/mol. The van der Waals surface area contributed by atoms with Gasteiger partial charge in [-0.25, -0.2) is 0 Å². The van der Waals surface area contributed by atoms with Crippen molar-refractivity contribution in [3.8, 4) is 0 Å². The quantitative estimate of drug-likeness (QED) is 0.448. The Morgan fingerprint density at radius 3 is 2.14 bits per heavy atom. The predicted octanol–water partition coefficient (Wildman–Crippen LogP) is 1.65. The van der Waals surface area contributed by atoms with Crippen LogP contribution in [0.15, 0.2) is 24.3 Å². The maximum atomic E-state index is 2.23. The molecule has 0 saturated carbocycles. The van der Waals surface area contributed by atoms with Crippen LogP contribution >= 0.6 is 0 Å². The molecule has 2 radical (unpaired) electrons. The lowest BCUT2D eigenvalue weighted by Crippen LogP contribution is -1.86. The number of hydrogen-bond donors (Lipinski definition) is 0. The van der Waals surface area contributed by atoms with Crippen molar-refractivity contribution in [1.29, 1.82) is 0 Å². The first-order valence-corrected chi connectivity index (χ1v) is 4.03. The van der Waals surface area contributed by atoms with E-state index in [2.05, 4.69) is 30.9 Å². The molecule has 0 nitrogen and oxygen atoms in total. The Bertz CT molecular complexity index is 90.7. The Morgan fingerprint density at radius 1 is 1.29 bits per heavy atom. The van der Waals surface area contributed by atoms with Crippen LogP contribution in [0.25, 0.3) is 0 Å². The van der Waals surface area contributed by atoms with Crippen molar-refractivity contribution in [3.05, 3.63) is 24.3 Å². The molecule has 1 heteroatoms. The van der Waals surface area contributed by atoms with Gasteiger partial charge in [-0.15, -0.1) is 0 Å². The largest absolute Gasteiger partial charge is 0.0809 e. The summed E-state index contributed by atoms with van der Waals surface area (Å²) in [5, 5.41) is 0. The highest BCUT2D eigenvalue weighted by Crippen LogP contribution is 2.12. The highest BCUT2D eigenvalue weighted by atomic mass is 28.2. The first kappa shape index (κ1) is 4.85. The van der Waals surface area contributed by atoms with E-state index in [1.165, 1.54) is 0 Å². The fraction of sp³-hybridized carbons (Fsp3) is 0.333. The minimum atomic E-state index is 0.764. The molecule has 1 aliphatic carbocycles. The van der Waals surface area contributed by atoms with Gasteiger partial charge in [-0.2, -0.15) is 0 Å². The molecule has 0 N–H and O–H groups in total. The van der Waals surface area contributed by atoms with Gasteiger partial charge in [-0.3, -0.25) is 0 Å². The van der Waals surface area contributed by atoms with E-state index in [1.807, 2.05) is 0 Å². The topological polar surface area (TPSA) is 0 Å². The van der Waals surface area contributed by atoms with E-state index in [1.54, 1.807) is 0 Å². The van der Waals surface area contributed by atoms with Crippen molar-refractivity contribution in [1.82, 2.24) is 0 Å². The second kappa shape index (κ2) is 2.12. The smallest absolute Gasteiger partial charge is 0.0483 e. The molecule has 0 aromatic heterocycles. The lowest BCUT2D eigenvalue weighted by atomic mass is 10.5. The monoisotopic (exact) mass is 108 g/mol.